The van der Waals surface area contributed by atoms with Gasteiger partial charge < -0.3 is 28.9 Å². The maximum absolute atomic E-state index is 13.0. The van der Waals surface area contributed by atoms with E-state index < -0.39 is 0 Å². The summed E-state index contributed by atoms with van der Waals surface area (Å²) in [6, 6.07) is 5.93. The number of carbonyl (C=O) groups excluding carboxylic acids is 2. The zero-order valence-corrected chi connectivity index (χ0v) is 23.3. The van der Waals surface area contributed by atoms with Gasteiger partial charge in [0.15, 0.2) is 11.5 Å². The minimum Gasteiger partial charge on any atom is -0.493 e. The smallest absolute Gasteiger partial charge is 0.355 e. The molecule has 8 heteroatoms. The van der Waals surface area contributed by atoms with Crippen molar-refractivity contribution in [1.29, 1.82) is 0 Å². The number of hydrogen-bond donors (Lipinski definition) is 2. The van der Waals surface area contributed by atoms with Crippen LogP contribution in [0.15, 0.2) is 18.2 Å². The number of carbonyl (C=O) groups is 2. The number of methoxy groups -OCH3 is 2. The van der Waals surface area contributed by atoms with Crippen LogP contribution in [0.5, 0.6) is 11.5 Å². The highest BCUT2D eigenvalue weighted by molar-refractivity contribution is 5.91. The third-order valence-electron chi connectivity index (χ3n) is 7.99. The molecule has 0 atom stereocenters. The van der Waals surface area contributed by atoms with Gasteiger partial charge in [-0.3, -0.25) is 0 Å². The van der Waals surface area contributed by atoms with Crippen molar-refractivity contribution in [2.75, 3.05) is 27.4 Å². The third kappa shape index (κ3) is 4.92. The monoisotopic (exact) mass is 534 g/mol. The van der Waals surface area contributed by atoms with Crippen molar-refractivity contribution in [3.05, 3.63) is 68.8 Å². The van der Waals surface area contributed by atoms with E-state index in [0.29, 0.717) is 36.1 Å². The van der Waals surface area contributed by atoms with Gasteiger partial charge in [0, 0.05) is 11.4 Å². The summed E-state index contributed by atoms with van der Waals surface area (Å²) in [6.07, 6.45) is 7.57. The molecule has 0 bridgehead atoms. The summed E-state index contributed by atoms with van der Waals surface area (Å²) in [5.41, 5.74) is 8.41. The van der Waals surface area contributed by atoms with Crippen LogP contribution in [0, 0.1) is 0 Å². The van der Waals surface area contributed by atoms with Gasteiger partial charge in [0.05, 0.1) is 33.4 Å². The lowest BCUT2D eigenvalue weighted by Gasteiger charge is -2.23. The van der Waals surface area contributed by atoms with E-state index in [2.05, 4.69) is 9.97 Å². The number of ether oxygens (including phenoxy) is 4. The highest BCUT2D eigenvalue weighted by atomic mass is 16.5. The SMILES string of the molecule is CCOC(=O)c1[nH]c(C(c2ccc(OC)c(OC)c2)c2[nH]c(C(=O)OCC)c3c2CCCC3)c2c1CCCC2. The minimum absolute atomic E-state index is 0.283. The zero-order valence-electron chi connectivity index (χ0n) is 23.3. The molecule has 2 aromatic heterocycles. The van der Waals surface area contributed by atoms with E-state index in [1.807, 2.05) is 32.0 Å². The Morgan fingerprint density at radius 1 is 0.718 bits per heavy atom. The van der Waals surface area contributed by atoms with Crippen molar-refractivity contribution >= 4 is 11.9 Å². The van der Waals surface area contributed by atoms with E-state index in [1.54, 1.807) is 14.2 Å². The molecule has 0 unspecified atom stereocenters. The molecule has 1 aromatic carbocycles. The second-order valence-electron chi connectivity index (χ2n) is 10.1. The molecule has 39 heavy (non-hydrogen) atoms. The Morgan fingerprint density at radius 2 is 1.18 bits per heavy atom. The van der Waals surface area contributed by atoms with Crippen molar-refractivity contribution in [1.82, 2.24) is 9.97 Å². The van der Waals surface area contributed by atoms with Gasteiger partial charge in [0.1, 0.15) is 11.4 Å². The Bertz CT molecular complexity index is 1290. The summed E-state index contributed by atoms with van der Waals surface area (Å²) < 4.78 is 22.1. The lowest BCUT2D eigenvalue weighted by molar-refractivity contribution is 0.0509. The standard InChI is InChI=1S/C31H38N2O6/c1-5-38-30(34)28-21-13-9-7-11-19(21)26(32-28)25(18-15-16-23(36-3)24(17-18)37-4)27-20-12-8-10-14-22(20)29(33-27)31(35)39-6-2/h15-17,25,32-33H,5-14H2,1-4H3. The Hall–Kier alpha value is -3.68. The second kappa shape index (κ2) is 11.6. The molecule has 3 aromatic rings. The summed E-state index contributed by atoms with van der Waals surface area (Å²) in [4.78, 5) is 33.2. The molecule has 0 saturated heterocycles. The number of rotatable bonds is 9. The van der Waals surface area contributed by atoms with Crippen LogP contribution in [0.1, 0.15) is 106 Å². The zero-order chi connectivity index (χ0) is 27.5. The first-order chi connectivity index (χ1) is 19.0. The number of esters is 2. The van der Waals surface area contributed by atoms with E-state index in [-0.39, 0.29) is 17.9 Å². The molecule has 0 radical (unpaired) electrons. The maximum Gasteiger partial charge on any atom is 0.355 e. The fourth-order valence-electron chi connectivity index (χ4n) is 6.29. The van der Waals surface area contributed by atoms with Crippen LogP contribution in [0.25, 0.3) is 0 Å². The van der Waals surface area contributed by atoms with Crippen molar-refractivity contribution in [2.45, 2.75) is 71.1 Å². The van der Waals surface area contributed by atoms with Gasteiger partial charge in [0.25, 0.3) is 0 Å². The summed E-state index contributed by atoms with van der Waals surface area (Å²) >= 11 is 0. The van der Waals surface area contributed by atoms with E-state index in [1.165, 1.54) is 11.1 Å². The molecule has 2 heterocycles. The topological polar surface area (TPSA) is 103 Å². The molecular formula is C31H38N2O6. The van der Waals surface area contributed by atoms with Crippen LogP contribution in [0.3, 0.4) is 0 Å². The Kier molecular flexibility index (Phi) is 8.00. The molecule has 2 aliphatic rings. The number of benzene rings is 1. The molecule has 2 N–H and O–H groups in total. The Morgan fingerprint density at radius 3 is 1.62 bits per heavy atom. The summed E-state index contributed by atoms with van der Waals surface area (Å²) in [5.74, 6) is 0.329. The predicted octanol–water partition coefficient (Wildman–Crippen LogP) is 5.65. The van der Waals surface area contributed by atoms with Gasteiger partial charge in [-0.1, -0.05) is 6.07 Å². The van der Waals surface area contributed by atoms with E-state index in [4.69, 9.17) is 18.9 Å². The molecule has 0 saturated carbocycles. The van der Waals surface area contributed by atoms with Gasteiger partial charge in [-0.25, -0.2) is 9.59 Å². The average Bonchev–Trinajstić information content (AvgIpc) is 3.53. The number of H-pyrrole nitrogens is 2. The molecule has 5 rings (SSSR count). The molecule has 0 fully saturated rings. The van der Waals surface area contributed by atoms with Crippen molar-refractivity contribution < 1.29 is 28.5 Å². The van der Waals surface area contributed by atoms with E-state index >= 15 is 0 Å². The highest BCUT2D eigenvalue weighted by Gasteiger charge is 2.35. The number of hydrogen-bond acceptors (Lipinski definition) is 6. The van der Waals surface area contributed by atoms with E-state index in [0.717, 1.165) is 79.4 Å². The van der Waals surface area contributed by atoms with Crippen molar-refractivity contribution in [2.24, 2.45) is 0 Å². The molecule has 2 aliphatic carbocycles. The van der Waals surface area contributed by atoms with Gasteiger partial charge in [-0.05, 0) is 105 Å². The number of aromatic nitrogens is 2. The normalized spacial score (nSPS) is 14.5. The lowest BCUT2D eigenvalue weighted by Crippen LogP contribution is -2.13. The lowest BCUT2D eigenvalue weighted by atomic mass is 9.81. The largest absolute Gasteiger partial charge is 0.493 e. The fraction of sp³-hybridized carbons (Fsp3) is 0.484. The molecular weight excluding hydrogens is 496 g/mol. The quantitative estimate of drug-likeness (QED) is 0.344. The van der Waals surface area contributed by atoms with Crippen LogP contribution in [-0.2, 0) is 35.2 Å². The highest BCUT2D eigenvalue weighted by Crippen LogP contribution is 2.44. The third-order valence-corrected chi connectivity index (χ3v) is 7.99. The molecule has 8 nitrogen and oxygen atoms in total. The van der Waals surface area contributed by atoms with Crippen LogP contribution >= 0.6 is 0 Å². The van der Waals surface area contributed by atoms with Crippen molar-refractivity contribution in [3.8, 4) is 11.5 Å². The van der Waals surface area contributed by atoms with Crippen molar-refractivity contribution in [3.63, 3.8) is 0 Å². The first-order valence-corrected chi connectivity index (χ1v) is 14.1. The number of fused-ring (bicyclic) bond motifs is 2. The van der Waals surface area contributed by atoms with Crippen LogP contribution in [0.4, 0.5) is 0 Å². The predicted molar refractivity (Wildman–Crippen MR) is 147 cm³/mol. The maximum atomic E-state index is 13.0. The van der Waals surface area contributed by atoms with Gasteiger partial charge in [-0.15, -0.1) is 0 Å². The Balaban J connectivity index is 1.76. The summed E-state index contributed by atoms with van der Waals surface area (Å²) in [6.45, 7) is 4.27. The first-order valence-electron chi connectivity index (χ1n) is 14.1. The fourth-order valence-corrected chi connectivity index (χ4v) is 6.29. The number of nitrogens with one attached hydrogen (secondary N) is 2. The number of aromatic amines is 2. The minimum atomic E-state index is -0.325. The Labute approximate surface area is 229 Å². The van der Waals surface area contributed by atoms with Gasteiger partial charge in [-0.2, -0.15) is 0 Å². The van der Waals surface area contributed by atoms with Crippen LogP contribution in [-0.4, -0.2) is 49.3 Å². The average molecular weight is 535 g/mol. The van der Waals surface area contributed by atoms with E-state index in [9.17, 15) is 9.59 Å². The van der Waals surface area contributed by atoms with Crippen LogP contribution < -0.4 is 9.47 Å². The molecule has 208 valence electrons. The molecule has 0 amide bonds. The summed E-state index contributed by atoms with van der Waals surface area (Å²) in [5, 5.41) is 0. The second-order valence-corrected chi connectivity index (χ2v) is 10.1. The molecule has 0 aliphatic heterocycles. The van der Waals surface area contributed by atoms with Gasteiger partial charge >= 0.3 is 11.9 Å². The summed E-state index contributed by atoms with van der Waals surface area (Å²) in [7, 11) is 3.25. The first kappa shape index (κ1) is 26.9. The van der Waals surface area contributed by atoms with Gasteiger partial charge in [0.2, 0.25) is 0 Å². The van der Waals surface area contributed by atoms with Crippen LogP contribution in [0.2, 0.25) is 0 Å². The molecule has 0 spiro atoms.